The van der Waals surface area contributed by atoms with Crippen LogP contribution in [0, 0.1) is 5.82 Å². The molecule has 0 radical (unpaired) electrons. The molecule has 5 nitrogen and oxygen atoms in total. The molecule has 100 valence electrons. The van der Waals surface area contributed by atoms with Crippen molar-refractivity contribution in [1.82, 2.24) is 20.2 Å². The van der Waals surface area contributed by atoms with Gasteiger partial charge in [0.05, 0.1) is 12.6 Å². The zero-order valence-electron chi connectivity index (χ0n) is 10.2. The highest BCUT2D eigenvalue weighted by atomic mass is 32.2. The maximum Gasteiger partial charge on any atom is 0.209 e. The summed E-state index contributed by atoms with van der Waals surface area (Å²) in [6, 6.07) is 6.49. The van der Waals surface area contributed by atoms with Crippen LogP contribution in [0.25, 0.3) is 0 Å². The smallest absolute Gasteiger partial charge is 0.209 e. The summed E-state index contributed by atoms with van der Waals surface area (Å²) in [7, 11) is 0. The highest BCUT2D eigenvalue weighted by Gasteiger charge is 2.27. The number of benzene rings is 1. The minimum Gasteiger partial charge on any atom is -0.493 e. The average Bonchev–Trinajstić information content (AvgIpc) is 3.16. The molecule has 0 unspecified atom stereocenters. The van der Waals surface area contributed by atoms with Gasteiger partial charge in [-0.15, -0.1) is 5.10 Å². The number of tetrazole rings is 1. The highest BCUT2D eigenvalue weighted by molar-refractivity contribution is 7.99. The third-order valence-electron chi connectivity index (χ3n) is 2.75. The van der Waals surface area contributed by atoms with E-state index in [9.17, 15) is 4.39 Å². The molecule has 3 rings (SSSR count). The van der Waals surface area contributed by atoms with Crippen LogP contribution in [0.3, 0.4) is 0 Å². The molecular weight excluding hydrogens is 267 g/mol. The summed E-state index contributed by atoms with van der Waals surface area (Å²) >= 11 is 1.57. The van der Waals surface area contributed by atoms with Crippen LogP contribution in [0.1, 0.15) is 18.9 Å². The number of halogens is 1. The first-order valence-electron chi connectivity index (χ1n) is 6.12. The Labute approximate surface area is 114 Å². The number of ether oxygens (including phenoxy) is 1. The molecule has 1 aromatic heterocycles. The van der Waals surface area contributed by atoms with Crippen molar-refractivity contribution in [3.63, 3.8) is 0 Å². The van der Waals surface area contributed by atoms with Crippen LogP contribution in [-0.4, -0.2) is 32.6 Å². The Morgan fingerprint density at radius 1 is 1.32 bits per heavy atom. The first-order valence-corrected chi connectivity index (χ1v) is 7.10. The van der Waals surface area contributed by atoms with Crippen molar-refractivity contribution in [3.05, 3.63) is 30.1 Å². The molecule has 1 aliphatic carbocycles. The fourth-order valence-electron chi connectivity index (χ4n) is 1.65. The molecule has 1 aromatic carbocycles. The van der Waals surface area contributed by atoms with Crippen LogP contribution >= 0.6 is 11.8 Å². The van der Waals surface area contributed by atoms with Crippen LogP contribution in [0.15, 0.2) is 29.4 Å². The lowest BCUT2D eigenvalue weighted by Crippen LogP contribution is -2.03. The summed E-state index contributed by atoms with van der Waals surface area (Å²) in [5.41, 5.74) is 0. The van der Waals surface area contributed by atoms with Crippen LogP contribution < -0.4 is 4.74 Å². The van der Waals surface area contributed by atoms with Crippen molar-refractivity contribution in [3.8, 4) is 5.75 Å². The second kappa shape index (κ2) is 5.56. The molecule has 0 atom stereocenters. The molecule has 0 N–H and O–H groups in total. The highest BCUT2D eigenvalue weighted by Crippen LogP contribution is 2.36. The first-order chi connectivity index (χ1) is 9.33. The predicted octanol–water partition coefficient (Wildman–Crippen LogP) is 2.32. The number of rotatable bonds is 6. The minimum atomic E-state index is -0.259. The molecule has 0 aliphatic heterocycles. The maximum absolute atomic E-state index is 12.7. The van der Waals surface area contributed by atoms with Gasteiger partial charge in [-0.25, -0.2) is 9.07 Å². The lowest BCUT2D eigenvalue weighted by atomic mass is 10.3. The van der Waals surface area contributed by atoms with Crippen LogP contribution in [-0.2, 0) is 0 Å². The Morgan fingerprint density at radius 2 is 2.11 bits per heavy atom. The van der Waals surface area contributed by atoms with Crippen molar-refractivity contribution in [2.75, 3.05) is 12.4 Å². The Morgan fingerprint density at radius 3 is 2.84 bits per heavy atom. The summed E-state index contributed by atoms with van der Waals surface area (Å²) < 4.78 is 20.1. The lowest BCUT2D eigenvalue weighted by Gasteiger charge is -2.05. The lowest BCUT2D eigenvalue weighted by molar-refractivity contribution is 0.343. The molecular formula is C12H13FN4OS. The summed E-state index contributed by atoms with van der Waals surface area (Å²) in [6.07, 6.45) is 2.31. The van der Waals surface area contributed by atoms with E-state index < -0.39 is 0 Å². The van der Waals surface area contributed by atoms with E-state index in [1.807, 2.05) is 4.68 Å². The van der Waals surface area contributed by atoms with Crippen molar-refractivity contribution >= 4 is 11.8 Å². The number of hydrogen-bond donors (Lipinski definition) is 0. The molecule has 1 aliphatic rings. The number of thioether (sulfide) groups is 1. The molecule has 0 bridgehead atoms. The van der Waals surface area contributed by atoms with E-state index in [1.165, 1.54) is 12.1 Å². The van der Waals surface area contributed by atoms with E-state index in [0.29, 0.717) is 18.4 Å². The molecule has 1 fully saturated rings. The van der Waals surface area contributed by atoms with Gasteiger partial charge in [-0.3, -0.25) is 0 Å². The second-order valence-electron chi connectivity index (χ2n) is 4.29. The van der Waals surface area contributed by atoms with Gasteiger partial charge in [0.25, 0.3) is 0 Å². The Kier molecular flexibility index (Phi) is 3.63. The fraction of sp³-hybridized carbons (Fsp3) is 0.417. The Hall–Kier alpha value is -1.63. The average molecular weight is 280 g/mol. The van der Waals surface area contributed by atoms with Gasteiger partial charge in [0.2, 0.25) is 5.16 Å². The maximum atomic E-state index is 12.7. The van der Waals surface area contributed by atoms with Crippen LogP contribution in [0.4, 0.5) is 4.39 Å². The van der Waals surface area contributed by atoms with E-state index >= 15 is 0 Å². The third-order valence-corrected chi connectivity index (χ3v) is 3.65. The molecule has 1 heterocycles. The van der Waals surface area contributed by atoms with Gasteiger partial charge in [0.1, 0.15) is 11.6 Å². The van der Waals surface area contributed by atoms with Crippen molar-refractivity contribution in [2.24, 2.45) is 0 Å². The van der Waals surface area contributed by atoms with Crippen LogP contribution in [0.5, 0.6) is 5.75 Å². The summed E-state index contributed by atoms with van der Waals surface area (Å²) in [4.78, 5) is 0. The summed E-state index contributed by atoms with van der Waals surface area (Å²) in [6.45, 7) is 0.536. The number of aromatic nitrogens is 4. The van der Waals surface area contributed by atoms with Gasteiger partial charge in [-0.1, -0.05) is 11.8 Å². The monoisotopic (exact) mass is 280 g/mol. The minimum absolute atomic E-state index is 0.259. The fourth-order valence-corrected chi connectivity index (χ4v) is 2.41. The van der Waals surface area contributed by atoms with Crippen molar-refractivity contribution in [1.29, 1.82) is 0 Å². The SMILES string of the molecule is Fc1ccc(OCCSc2nnnn2C2CC2)cc1. The van der Waals surface area contributed by atoms with Gasteiger partial charge in [0.15, 0.2) is 0 Å². The Bertz CT molecular complexity index is 541. The largest absolute Gasteiger partial charge is 0.493 e. The first kappa shape index (κ1) is 12.4. The zero-order valence-corrected chi connectivity index (χ0v) is 11.0. The van der Waals surface area contributed by atoms with E-state index in [-0.39, 0.29) is 5.82 Å². The number of hydrogen-bond acceptors (Lipinski definition) is 5. The molecule has 1 saturated carbocycles. The van der Waals surface area contributed by atoms with Gasteiger partial charge >= 0.3 is 0 Å². The van der Waals surface area contributed by atoms with Gasteiger partial charge < -0.3 is 4.74 Å². The topological polar surface area (TPSA) is 52.8 Å². The molecule has 0 saturated heterocycles. The van der Waals surface area contributed by atoms with E-state index in [4.69, 9.17) is 4.74 Å². The third kappa shape index (κ3) is 3.23. The van der Waals surface area contributed by atoms with Gasteiger partial charge in [-0.2, -0.15) is 0 Å². The summed E-state index contributed by atoms with van der Waals surface area (Å²) in [5.74, 6) is 1.17. The van der Waals surface area contributed by atoms with Crippen molar-refractivity contribution in [2.45, 2.75) is 24.0 Å². The molecule has 2 aromatic rings. The van der Waals surface area contributed by atoms with Crippen molar-refractivity contribution < 1.29 is 9.13 Å². The van der Waals surface area contributed by atoms with Crippen LogP contribution in [0.2, 0.25) is 0 Å². The predicted molar refractivity (Wildman–Crippen MR) is 68.7 cm³/mol. The second-order valence-corrected chi connectivity index (χ2v) is 5.35. The van der Waals surface area contributed by atoms with Gasteiger partial charge in [0, 0.05) is 5.75 Å². The van der Waals surface area contributed by atoms with E-state index in [1.54, 1.807) is 23.9 Å². The quantitative estimate of drug-likeness (QED) is 0.600. The molecule has 19 heavy (non-hydrogen) atoms. The standard InChI is InChI=1S/C12H13FN4OS/c13-9-1-5-11(6-2-9)18-7-8-19-12-14-15-16-17(12)10-3-4-10/h1-2,5-6,10H,3-4,7-8H2. The van der Waals surface area contributed by atoms with Gasteiger partial charge in [-0.05, 0) is 47.5 Å². The summed E-state index contributed by atoms with van der Waals surface area (Å²) in [5, 5.41) is 12.5. The van der Waals surface area contributed by atoms with E-state index in [0.717, 1.165) is 23.8 Å². The molecule has 0 amide bonds. The Balaban J connectivity index is 1.45. The van der Waals surface area contributed by atoms with E-state index in [2.05, 4.69) is 15.5 Å². The number of nitrogens with zero attached hydrogens (tertiary/aromatic N) is 4. The normalized spacial score (nSPS) is 14.6. The molecule has 7 heteroatoms. The zero-order chi connectivity index (χ0) is 13.1. The molecule has 0 spiro atoms.